The molecular formula is C19H29F2NO4SSi. The van der Waals surface area contributed by atoms with E-state index in [0.717, 1.165) is 4.88 Å². The Morgan fingerprint density at radius 2 is 2.04 bits per heavy atom. The number of carboxylic acid groups (broad SMARTS) is 1. The molecule has 0 bridgehead atoms. The number of aryl methyl sites for hydroxylation is 1. The zero-order chi connectivity index (χ0) is 21.3. The molecule has 2 rings (SSSR count). The number of carbonyl (C=O) groups excluding carboxylic acids is 1. The molecule has 0 aromatic carbocycles. The van der Waals surface area contributed by atoms with Gasteiger partial charge in [0.25, 0.3) is 5.91 Å². The highest BCUT2D eigenvalue weighted by Gasteiger charge is 2.53. The maximum Gasteiger partial charge on any atom is 0.345 e. The lowest BCUT2D eigenvalue weighted by Gasteiger charge is -2.37. The van der Waals surface area contributed by atoms with Gasteiger partial charge in [0.15, 0.2) is 8.32 Å². The van der Waals surface area contributed by atoms with E-state index in [9.17, 15) is 18.4 Å². The van der Waals surface area contributed by atoms with Crippen LogP contribution in [0.1, 0.15) is 48.2 Å². The fourth-order valence-electron chi connectivity index (χ4n) is 2.87. The van der Waals surface area contributed by atoms with Crippen LogP contribution < -0.4 is 0 Å². The number of amides is 1. The number of hydrogen-bond acceptors (Lipinski definition) is 4. The second kappa shape index (κ2) is 8.20. The number of alkyl halides is 2. The van der Waals surface area contributed by atoms with Crippen molar-refractivity contribution in [3.05, 3.63) is 21.9 Å². The minimum atomic E-state index is -3.35. The van der Waals surface area contributed by atoms with E-state index >= 15 is 0 Å². The molecule has 28 heavy (non-hydrogen) atoms. The molecule has 0 saturated carbocycles. The number of halogens is 2. The first kappa shape index (κ1) is 23.0. The molecule has 9 heteroatoms. The highest BCUT2D eigenvalue weighted by molar-refractivity contribution is 7.13. The van der Waals surface area contributed by atoms with Crippen LogP contribution in [0.4, 0.5) is 8.78 Å². The molecule has 1 aliphatic heterocycles. The Bertz CT molecular complexity index is 730. The van der Waals surface area contributed by atoms with Crippen molar-refractivity contribution in [1.29, 1.82) is 0 Å². The van der Waals surface area contributed by atoms with Crippen molar-refractivity contribution in [1.82, 2.24) is 4.90 Å². The second-order valence-corrected chi connectivity index (χ2v) is 14.8. The SMILES string of the molecule is CC(C)(C)[Si](C)(C)OCC1CC(F)(F)C(=O)N1CCCc1ccc(C(=O)O)s1. The summed E-state index contributed by atoms with van der Waals surface area (Å²) in [5.74, 6) is -5.46. The molecule has 1 aromatic rings. The van der Waals surface area contributed by atoms with Crippen LogP contribution in [0.3, 0.4) is 0 Å². The normalized spacial score (nSPS) is 20.0. The lowest BCUT2D eigenvalue weighted by atomic mass is 10.2. The minimum Gasteiger partial charge on any atom is -0.477 e. The average Bonchev–Trinajstić information content (AvgIpc) is 3.10. The summed E-state index contributed by atoms with van der Waals surface area (Å²) in [6, 6.07) is 2.63. The van der Waals surface area contributed by atoms with E-state index in [4.69, 9.17) is 9.53 Å². The van der Waals surface area contributed by atoms with Crippen molar-refractivity contribution in [3.8, 4) is 0 Å². The van der Waals surface area contributed by atoms with E-state index in [0.29, 0.717) is 12.8 Å². The third kappa shape index (κ3) is 5.18. The summed E-state index contributed by atoms with van der Waals surface area (Å²) in [6.07, 6.45) is 0.531. The first-order valence-corrected chi connectivity index (χ1v) is 13.1. The topological polar surface area (TPSA) is 66.8 Å². The average molecular weight is 434 g/mol. The highest BCUT2D eigenvalue weighted by Crippen LogP contribution is 2.39. The van der Waals surface area contributed by atoms with Gasteiger partial charge in [-0.05, 0) is 43.1 Å². The van der Waals surface area contributed by atoms with Gasteiger partial charge in [-0.1, -0.05) is 20.8 Å². The Morgan fingerprint density at radius 3 is 2.57 bits per heavy atom. The van der Waals surface area contributed by atoms with Gasteiger partial charge in [0.2, 0.25) is 0 Å². The molecule has 1 unspecified atom stereocenters. The number of carboxylic acids is 1. The molecular weight excluding hydrogens is 404 g/mol. The third-order valence-electron chi connectivity index (χ3n) is 5.64. The zero-order valence-electron chi connectivity index (χ0n) is 17.1. The minimum absolute atomic E-state index is 0.0377. The maximum atomic E-state index is 14.0. The Kier molecular flexibility index (Phi) is 6.72. The van der Waals surface area contributed by atoms with Crippen LogP contribution >= 0.6 is 11.3 Å². The van der Waals surface area contributed by atoms with Crippen LogP contribution in [0.15, 0.2) is 12.1 Å². The van der Waals surface area contributed by atoms with Crippen molar-refractivity contribution in [2.45, 2.75) is 70.1 Å². The standard InChI is InChI=1S/C19H29F2NO4SSi/c1-18(2,3)28(4,5)26-12-13-11-19(20,21)17(25)22(13)10-6-7-14-8-9-15(27-14)16(23)24/h8-9,13H,6-7,10-12H2,1-5H3,(H,23,24). The van der Waals surface area contributed by atoms with Crippen LogP contribution in [-0.4, -0.2) is 55.3 Å². The van der Waals surface area contributed by atoms with Gasteiger partial charge >= 0.3 is 11.9 Å². The van der Waals surface area contributed by atoms with Gasteiger partial charge in [-0.2, -0.15) is 8.78 Å². The second-order valence-electron chi connectivity index (χ2n) is 8.81. The quantitative estimate of drug-likeness (QED) is 0.607. The summed E-state index contributed by atoms with van der Waals surface area (Å²) >= 11 is 1.17. The molecule has 1 atom stereocenters. The van der Waals surface area contributed by atoms with E-state index in [1.54, 1.807) is 6.07 Å². The summed E-state index contributed by atoms with van der Waals surface area (Å²) < 4.78 is 34.2. The van der Waals surface area contributed by atoms with Crippen LogP contribution in [0, 0.1) is 0 Å². The van der Waals surface area contributed by atoms with Crippen LogP contribution in [0.5, 0.6) is 0 Å². The lowest BCUT2D eigenvalue weighted by Crippen LogP contribution is -2.45. The predicted molar refractivity (Wildman–Crippen MR) is 108 cm³/mol. The summed E-state index contributed by atoms with van der Waals surface area (Å²) in [5.41, 5.74) is 0. The van der Waals surface area contributed by atoms with Crippen molar-refractivity contribution in [3.63, 3.8) is 0 Å². The van der Waals surface area contributed by atoms with Gasteiger partial charge in [-0.3, -0.25) is 4.79 Å². The number of thiophene rings is 1. The molecule has 0 aliphatic carbocycles. The number of likely N-dealkylation sites (tertiary alicyclic amines) is 1. The molecule has 1 saturated heterocycles. The zero-order valence-corrected chi connectivity index (χ0v) is 18.9. The van der Waals surface area contributed by atoms with Crippen molar-refractivity contribution in [2.24, 2.45) is 0 Å². The highest BCUT2D eigenvalue weighted by atomic mass is 32.1. The number of rotatable bonds is 8. The molecule has 5 nitrogen and oxygen atoms in total. The smallest absolute Gasteiger partial charge is 0.345 e. The van der Waals surface area contributed by atoms with E-state index in [1.165, 1.54) is 22.3 Å². The van der Waals surface area contributed by atoms with E-state index < -0.39 is 38.6 Å². The number of nitrogens with zero attached hydrogens (tertiary/aromatic N) is 1. The predicted octanol–water partition coefficient (Wildman–Crippen LogP) is 4.64. The first-order chi connectivity index (χ1) is 12.7. The van der Waals surface area contributed by atoms with E-state index in [2.05, 4.69) is 33.9 Å². The molecule has 1 aliphatic rings. The number of aromatic carboxylic acids is 1. The van der Waals surface area contributed by atoms with E-state index in [-0.39, 0.29) is 23.1 Å². The van der Waals surface area contributed by atoms with E-state index in [1.807, 2.05) is 0 Å². The fourth-order valence-corrected chi connectivity index (χ4v) is 4.80. The molecule has 0 spiro atoms. The molecule has 1 aromatic heterocycles. The molecule has 1 amide bonds. The summed E-state index contributed by atoms with van der Waals surface area (Å²) in [6.45, 7) is 10.7. The Morgan fingerprint density at radius 1 is 1.39 bits per heavy atom. The molecule has 1 N–H and O–H groups in total. The Balaban J connectivity index is 1.98. The summed E-state index contributed by atoms with van der Waals surface area (Å²) in [5, 5.41) is 8.93. The van der Waals surface area contributed by atoms with Gasteiger partial charge < -0.3 is 14.4 Å². The molecule has 0 radical (unpaired) electrons. The van der Waals surface area contributed by atoms with Crippen LogP contribution in [0.2, 0.25) is 18.1 Å². The van der Waals surface area contributed by atoms with Gasteiger partial charge in [0, 0.05) is 17.8 Å². The molecule has 2 heterocycles. The Hall–Kier alpha value is -1.32. The lowest BCUT2D eigenvalue weighted by molar-refractivity contribution is -0.148. The first-order valence-electron chi connectivity index (χ1n) is 9.39. The van der Waals surface area contributed by atoms with Crippen molar-refractivity contribution < 1.29 is 27.9 Å². The van der Waals surface area contributed by atoms with Crippen molar-refractivity contribution in [2.75, 3.05) is 13.2 Å². The van der Waals surface area contributed by atoms with Crippen LogP contribution in [0.25, 0.3) is 0 Å². The molecule has 1 fully saturated rings. The van der Waals surface area contributed by atoms with Gasteiger partial charge in [-0.25, -0.2) is 4.79 Å². The van der Waals surface area contributed by atoms with Gasteiger partial charge in [0.05, 0.1) is 12.6 Å². The largest absolute Gasteiger partial charge is 0.477 e. The van der Waals surface area contributed by atoms with Gasteiger partial charge in [0.1, 0.15) is 4.88 Å². The number of carbonyl (C=O) groups is 2. The monoisotopic (exact) mass is 433 g/mol. The van der Waals surface area contributed by atoms with Gasteiger partial charge in [-0.15, -0.1) is 11.3 Å². The molecule has 158 valence electrons. The Labute approximate surface area is 169 Å². The maximum absolute atomic E-state index is 14.0. The number of hydrogen-bond donors (Lipinski definition) is 1. The summed E-state index contributed by atoms with van der Waals surface area (Å²) in [4.78, 5) is 25.5. The van der Waals surface area contributed by atoms with Crippen molar-refractivity contribution >= 4 is 31.5 Å². The summed E-state index contributed by atoms with van der Waals surface area (Å²) in [7, 11) is -2.10. The third-order valence-corrected chi connectivity index (χ3v) is 11.3. The van der Waals surface area contributed by atoms with Crippen LogP contribution in [-0.2, 0) is 15.6 Å². The fraction of sp³-hybridized carbons (Fsp3) is 0.684.